The molecule has 0 saturated heterocycles. The molecule has 1 amide bonds. The first kappa shape index (κ1) is 19.0. The van der Waals surface area contributed by atoms with Crippen LogP contribution in [0.5, 0.6) is 11.5 Å². The number of nitrogens with one attached hydrogen (secondary N) is 1. The molecule has 1 aromatic heterocycles. The maximum absolute atomic E-state index is 12.6. The van der Waals surface area contributed by atoms with E-state index in [0.29, 0.717) is 30.4 Å². The van der Waals surface area contributed by atoms with Gasteiger partial charge in [0.15, 0.2) is 11.5 Å². The molecule has 0 fully saturated rings. The summed E-state index contributed by atoms with van der Waals surface area (Å²) in [5.41, 5.74) is 1.16. The molecular formula is C18H21N3O5S. The van der Waals surface area contributed by atoms with Gasteiger partial charge in [0.2, 0.25) is 15.9 Å². The van der Waals surface area contributed by atoms with Crippen molar-refractivity contribution < 1.29 is 22.7 Å². The Bertz CT molecular complexity index is 918. The summed E-state index contributed by atoms with van der Waals surface area (Å²) >= 11 is 0. The Labute approximate surface area is 158 Å². The number of rotatable bonds is 6. The number of aromatic nitrogens is 1. The number of ether oxygens (including phenoxy) is 2. The molecule has 27 heavy (non-hydrogen) atoms. The van der Waals surface area contributed by atoms with Gasteiger partial charge in [0.05, 0.1) is 11.9 Å². The molecule has 1 aromatic carbocycles. The number of hydrogen-bond acceptors (Lipinski definition) is 6. The van der Waals surface area contributed by atoms with Crippen LogP contribution in [0.2, 0.25) is 0 Å². The van der Waals surface area contributed by atoms with Crippen molar-refractivity contribution in [1.82, 2.24) is 10.3 Å². The standard InChI is InChI=1S/C18H21N3O5S/c1-13(18(22)20-12-14-4-3-7-19-11-14)21(27(2,23)24)15-5-6-16-17(10-15)26-9-8-25-16/h3-7,10-11,13H,8-9,12H2,1-2H3,(H,20,22)/t13-/m0/s1. The molecule has 0 aliphatic carbocycles. The van der Waals surface area contributed by atoms with E-state index in [0.717, 1.165) is 16.1 Å². The summed E-state index contributed by atoms with van der Waals surface area (Å²) in [4.78, 5) is 16.6. The van der Waals surface area contributed by atoms with E-state index in [9.17, 15) is 13.2 Å². The maximum Gasteiger partial charge on any atom is 0.243 e. The van der Waals surface area contributed by atoms with Gasteiger partial charge in [-0.15, -0.1) is 0 Å². The fraction of sp³-hybridized carbons (Fsp3) is 0.333. The first-order chi connectivity index (χ1) is 12.9. The van der Waals surface area contributed by atoms with E-state index in [1.165, 1.54) is 6.92 Å². The van der Waals surface area contributed by atoms with Gasteiger partial charge in [0.1, 0.15) is 19.3 Å². The van der Waals surface area contributed by atoms with Gasteiger partial charge in [-0.3, -0.25) is 14.1 Å². The molecule has 2 aromatic rings. The van der Waals surface area contributed by atoms with E-state index in [4.69, 9.17) is 9.47 Å². The number of carbonyl (C=O) groups is 1. The largest absolute Gasteiger partial charge is 0.486 e. The Morgan fingerprint density at radius 2 is 2.00 bits per heavy atom. The van der Waals surface area contributed by atoms with Gasteiger partial charge in [-0.25, -0.2) is 8.42 Å². The van der Waals surface area contributed by atoms with E-state index < -0.39 is 22.0 Å². The Morgan fingerprint density at radius 1 is 1.26 bits per heavy atom. The molecule has 1 aliphatic rings. The number of benzene rings is 1. The zero-order valence-electron chi connectivity index (χ0n) is 15.1. The summed E-state index contributed by atoms with van der Waals surface area (Å²) in [6, 6.07) is 7.46. The highest BCUT2D eigenvalue weighted by Crippen LogP contribution is 2.35. The van der Waals surface area contributed by atoms with Crippen molar-refractivity contribution in [1.29, 1.82) is 0 Å². The van der Waals surface area contributed by atoms with Crippen LogP contribution in [0.25, 0.3) is 0 Å². The second-order valence-electron chi connectivity index (χ2n) is 6.14. The minimum Gasteiger partial charge on any atom is -0.486 e. The third-order valence-corrected chi connectivity index (χ3v) is 5.30. The van der Waals surface area contributed by atoms with E-state index in [1.807, 2.05) is 6.07 Å². The Kier molecular flexibility index (Phi) is 5.50. The smallest absolute Gasteiger partial charge is 0.243 e. The first-order valence-electron chi connectivity index (χ1n) is 8.42. The van der Waals surface area contributed by atoms with Gasteiger partial charge in [-0.2, -0.15) is 0 Å². The predicted molar refractivity (Wildman–Crippen MR) is 100 cm³/mol. The number of carbonyl (C=O) groups excluding carboxylic acids is 1. The summed E-state index contributed by atoms with van der Waals surface area (Å²) in [5, 5.41) is 2.74. The number of anilines is 1. The number of amides is 1. The maximum atomic E-state index is 12.6. The van der Waals surface area contributed by atoms with E-state index in [1.54, 1.807) is 36.7 Å². The molecule has 1 atom stereocenters. The van der Waals surface area contributed by atoms with Crippen LogP contribution in [-0.4, -0.2) is 44.8 Å². The van der Waals surface area contributed by atoms with Crippen molar-refractivity contribution in [3.8, 4) is 11.5 Å². The molecule has 0 radical (unpaired) electrons. The average molecular weight is 391 g/mol. The third kappa shape index (κ3) is 4.48. The molecule has 3 rings (SSSR count). The lowest BCUT2D eigenvalue weighted by atomic mass is 10.2. The number of hydrogen-bond donors (Lipinski definition) is 1. The molecule has 144 valence electrons. The highest BCUT2D eigenvalue weighted by molar-refractivity contribution is 7.92. The topological polar surface area (TPSA) is 97.8 Å². The van der Waals surface area contributed by atoms with Gasteiger partial charge in [0.25, 0.3) is 0 Å². The molecule has 0 saturated carbocycles. The highest BCUT2D eigenvalue weighted by atomic mass is 32.2. The Morgan fingerprint density at radius 3 is 2.67 bits per heavy atom. The SMILES string of the molecule is C[C@@H](C(=O)NCc1cccnc1)N(c1ccc2c(c1)OCCO2)S(C)(=O)=O. The molecule has 1 aliphatic heterocycles. The summed E-state index contributed by atoms with van der Waals surface area (Å²) in [6.45, 7) is 2.62. The van der Waals surface area contributed by atoms with E-state index >= 15 is 0 Å². The zero-order valence-corrected chi connectivity index (χ0v) is 15.9. The Balaban J connectivity index is 1.81. The van der Waals surface area contributed by atoms with Crippen LogP contribution in [0.4, 0.5) is 5.69 Å². The normalized spacial score (nSPS) is 14.3. The molecule has 0 bridgehead atoms. The highest BCUT2D eigenvalue weighted by Gasteiger charge is 2.30. The lowest BCUT2D eigenvalue weighted by Gasteiger charge is -2.29. The van der Waals surface area contributed by atoms with Crippen LogP contribution in [0.15, 0.2) is 42.7 Å². The first-order valence-corrected chi connectivity index (χ1v) is 10.3. The van der Waals surface area contributed by atoms with Crippen LogP contribution >= 0.6 is 0 Å². The van der Waals surface area contributed by atoms with Gasteiger partial charge in [-0.05, 0) is 30.7 Å². The molecular weight excluding hydrogens is 370 g/mol. The predicted octanol–water partition coefficient (Wildman–Crippen LogP) is 1.32. The van der Waals surface area contributed by atoms with Crippen LogP contribution in [0.3, 0.4) is 0 Å². The van der Waals surface area contributed by atoms with E-state index in [2.05, 4.69) is 10.3 Å². The number of nitrogens with zero attached hydrogens (tertiary/aromatic N) is 2. The zero-order chi connectivity index (χ0) is 19.4. The lowest BCUT2D eigenvalue weighted by molar-refractivity contribution is -0.122. The van der Waals surface area contributed by atoms with Crippen LogP contribution < -0.4 is 19.1 Å². The van der Waals surface area contributed by atoms with Crippen molar-refractivity contribution in [3.05, 3.63) is 48.3 Å². The molecule has 2 heterocycles. The third-order valence-electron chi connectivity index (χ3n) is 4.06. The minimum absolute atomic E-state index is 0.260. The van der Waals surface area contributed by atoms with Crippen LogP contribution in [0.1, 0.15) is 12.5 Å². The van der Waals surface area contributed by atoms with Crippen LogP contribution in [0, 0.1) is 0 Å². The Hall–Kier alpha value is -2.81. The summed E-state index contributed by atoms with van der Waals surface area (Å²) in [7, 11) is -3.71. The second kappa shape index (κ2) is 7.83. The minimum atomic E-state index is -3.71. The summed E-state index contributed by atoms with van der Waals surface area (Å²) in [5.74, 6) is 0.585. The summed E-state index contributed by atoms with van der Waals surface area (Å²) in [6.07, 6.45) is 4.34. The average Bonchev–Trinajstić information content (AvgIpc) is 2.65. The number of pyridine rings is 1. The van der Waals surface area contributed by atoms with Gasteiger partial charge < -0.3 is 14.8 Å². The molecule has 0 spiro atoms. The lowest BCUT2D eigenvalue weighted by Crippen LogP contribution is -2.47. The van der Waals surface area contributed by atoms with Crippen molar-refractivity contribution in [3.63, 3.8) is 0 Å². The monoisotopic (exact) mass is 391 g/mol. The number of fused-ring (bicyclic) bond motifs is 1. The van der Waals surface area contributed by atoms with E-state index in [-0.39, 0.29) is 6.54 Å². The second-order valence-corrected chi connectivity index (χ2v) is 8.00. The molecule has 1 N–H and O–H groups in total. The van der Waals surface area contributed by atoms with Crippen molar-refractivity contribution in [2.24, 2.45) is 0 Å². The van der Waals surface area contributed by atoms with Crippen LogP contribution in [-0.2, 0) is 21.4 Å². The number of sulfonamides is 1. The molecule has 9 heteroatoms. The fourth-order valence-electron chi connectivity index (χ4n) is 2.82. The van der Waals surface area contributed by atoms with Crippen molar-refractivity contribution in [2.75, 3.05) is 23.8 Å². The van der Waals surface area contributed by atoms with Gasteiger partial charge >= 0.3 is 0 Å². The quantitative estimate of drug-likeness (QED) is 0.798. The van der Waals surface area contributed by atoms with Crippen molar-refractivity contribution in [2.45, 2.75) is 19.5 Å². The summed E-state index contributed by atoms with van der Waals surface area (Å²) < 4.78 is 36.8. The van der Waals surface area contributed by atoms with Gasteiger partial charge in [0, 0.05) is 25.0 Å². The molecule has 8 nitrogen and oxygen atoms in total. The van der Waals surface area contributed by atoms with Gasteiger partial charge in [-0.1, -0.05) is 6.07 Å². The fourth-order valence-corrected chi connectivity index (χ4v) is 3.98. The van der Waals surface area contributed by atoms with Crippen molar-refractivity contribution >= 4 is 21.6 Å². The molecule has 0 unspecified atom stereocenters.